The van der Waals surface area contributed by atoms with E-state index in [0.717, 1.165) is 41.0 Å². The Hall–Kier alpha value is -3.53. The number of carboxylic acids is 1. The van der Waals surface area contributed by atoms with E-state index in [2.05, 4.69) is 50.3 Å². The van der Waals surface area contributed by atoms with E-state index in [4.69, 9.17) is 14.6 Å². The van der Waals surface area contributed by atoms with Crippen LogP contribution < -0.4 is 9.47 Å². The van der Waals surface area contributed by atoms with Crippen molar-refractivity contribution in [1.29, 1.82) is 0 Å². The van der Waals surface area contributed by atoms with E-state index in [1.165, 1.54) is 16.7 Å². The van der Waals surface area contributed by atoms with E-state index in [1.807, 2.05) is 36.4 Å². The number of carboxylic acid groups (broad SMARTS) is 1. The summed E-state index contributed by atoms with van der Waals surface area (Å²) < 4.78 is 11.6. The third-order valence-electron chi connectivity index (χ3n) is 6.53. The van der Waals surface area contributed by atoms with E-state index in [1.54, 1.807) is 7.11 Å². The second-order valence-corrected chi connectivity index (χ2v) is 9.48. The van der Waals surface area contributed by atoms with Gasteiger partial charge in [-0.1, -0.05) is 56.3 Å². The summed E-state index contributed by atoms with van der Waals surface area (Å²) in [7, 11) is 1.69. The van der Waals surface area contributed by atoms with Crippen LogP contribution in [0.15, 0.2) is 72.8 Å². The van der Waals surface area contributed by atoms with Crippen LogP contribution in [-0.2, 0) is 17.8 Å². The quantitative estimate of drug-likeness (QED) is 0.371. The summed E-state index contributed by atoms with van der Waals surface area (Å²) in [5.74, 6) is 0.805. The highest BCUT2D eigenvalue weighted by Crippen LogP contribution is 2.47. The first-order chi connectivity index (χ1) is 16.4. The molecule has 4 rings (SSSR count). The molecule has 4 heteroatoms. The highest BCUT2D eigenvalue weighted by atomic mass is 16.5. The molecule has 0 spiro atoms. The molecule has 176 valence electrons. The summed E-state index contributed by atoms with van der Waals surface area (Å²) in [6.45, 7) is 5.07. The van der Waals surface area contributed by atoms with Gasteiger partial charge in [0.1, 0.15) is 18.1 Å². The molecule has 0 aromatic heterocycles. The van der Waals surface area contributed by atoms with Gasteiger partial charge >= 0.3 is 5.97 Å². The third-order valence-corrected chi connectivity index (χ3v) is 6.53. The maximum Gasteiger partial charge on any atom is 0.303 e. The fourth-order valence-corrected chi connectivity index (χ4v) is 4.62. The molecule has 34 heavy (non-hydrogen) atoms. The highest BCUT2D eigenvalue weighted by Gasteiger charge is 2.30. The number of benzene rings is 3. The second kappa shape index (κ2) is 10.2. The minimum Gasteiger partial charge on any atom is -0.497 e. The Morgan fingerprint density at radius 3 is 2.47 bits per heavy atom. The molecule has 0 radical (unpaired) electrons. The Morgan fingerprint density at radius 2 is 1.74 bits per heavy atom. The van der Waals surface area contributed by atoms with Gasteiger partial charge in [0.25, 0.3) is 0 Å². The lowest BCUT2D eigenvalue weighted by atomic mass is 9.79. The van der Waals surface area contributed by atoms with Gasteiger partial charge in [-0.15, -0.1) is 0 Å². The van der Waals surface area contributed by atoms with Crippen molar-refractivity contribution in [1.82, 2.24) is 0 Å². The molecular weight excluding hydrogens is 424 g/mol. The molecule has 0 heterocycles. The fraction of sp³-hybridized carbons (Fsp3) is 0.300. The standard InChI is InChI=1S/C30H32O4/c1-30(2)16-6-11-28(30)27-18-22(12-14-26(27)23-8-5-9-24(19-23)33-3)20-34-25-10-4-7-21(17-25)13-15-29(31)32/h4-5,7-12,14,17-19H,6,13,15-16,20H2,1-3H3,(H,31,32). The smallest absolute Gasteiger partial charge is 0.303 e. The van der Waals surface area contributed by atoms with Crippen molar-refractivity contribution >= 4 is 11.5 Å². The molecule has 0 atom stereocenters. The summed E-state index contributed by atoms with van der Waals surface area (Å²) in [6.07, 6.45) is 5.21. The SMILES string of the molecule is COc1cccc(-c2ccc(COc3cccc(CCC(=O)O)c3)cc2C2=CCCC2(C)C)c1. The Labute approximate surface area is 201 Å². The molecule has 4 nitrogen and oxygen atoms in total. The predicted octanol–water partition coefficient (Wildman–Crippen LogP) is 7.16. The number of hydrogen-bond acceptors (Lipinski definition) is 3. The molecule has 0 fully saturated rings. The van der Waals surface area contributed by atoms with Crippen LogP contribution in [0.3, 0.4) is 0 Å². The average Bonchev–Trinajstić information content (AvgIpc) is 3.20. The number of aryl methyl sites for hydroxylation is 1. The summed E-state index contributed by atoms with van der Waals surface area (Å²) in [4.78, 5) is 10.9. The summed E-state index contributed by atoms with van der Waals surface area (Å²) in [5.41, 5.74) is 7.13. The van der Waals surface area contributed by atoms with E-state index in [0.29, 0.717) is 13.0 Å². The molecule has 0 unspecified atom stereocenters. The zero-order chi connectivity index (χ0) is 24.1. The van der Waals surface area contributed by atoms with E-state index >= 15 is 0 Å². The molecule has 3 aromatic carbocycles. The maximum absolute atomic E-state index is 10.9. The van der Waals surface area contributed by atoms with Gasteiger partial charge in [0.15, 0.2) is 0 Å². The molecule has 1 aliphatic carbocycles. The van der Waals surface area contributed by atoms with Gasteiger partial charge in [0.2, 0.25) is 0 Å². The lowest BCUT2D eigenvalue weighted by Gasteiger charge is -2.25. The minimum absolute atomic E-state index is 0.115. The highest BCUT2D eigenvalue weighted by molar-refractivity contribution is 5.85. The molecule has 0 bridgehead atoms. The first-order valence-corrected chi connectivity index (χ1v) is 11.8. The monoisotopic (exact) mass is 456 g/mol. The number of aliphatic carboxylic acids is 1. The van der Waals surface area contributed by atoms with Crippen molar-refractivity contribution in [2.45, 2.75) is 46.1 Å². The first kappa shape index (κ1) is 23.6. The molecule has 1 N–H and O–H groups in total. The molecule has 0 saturated carbocycles. The second-order valence-electron chi connectivity index (χ2n) is 9.48. The molecule has 0 saturated heterocycles. The molecule has 0 amide bonds. The molecule has 1 aliphatic rings. The van der Waals surface area contributed by atoms with Gasteiger partial charge in [-0.05, 0) is 88.4 Å². The fourth-order valence-electron chi connectivity index (χ4n) is 4.62. The van der Waals surface area contributed by atoms with Crippen LogP contribution in [0.4, 0.5) is 0 Å². The van der Waals surface area contributed by atoms with Crippen molar-refractivity contribution in [2.75, 3.05) is 7.11 Å². The predicted molar refractivity (Wildman–Crippen MR) is 136 cm³/mol. The Kier molecular flexibility index (Phi) is 7.06. The minimum atomic E-state index is -0.792. The van der Waals surface area contributed by atoms with Crippen molar-refractivity contribution < 1.29 is 19.4 Å². The summed E-state index contributed by atoms with van der Waals surface area (Å²) in [6, 6.07) is 22.5. The number of ether oxygens (including phenoxy) is 2. The maximum atomic E-state index is 10.9. The normalized spacial score (nSPS) is 14.5. The average molecular weight is 457 g/mol. The van der Waals surface area contributed by atoms with E-state index in [9.17, 15) is 4.79 Å². The topological polar surface area (TPSA) is 55.8 Å². The van der Waals surface area contributed by atoms with Gasteiger partial charge in [-0.2, -0.15) is 0 Å². The lowest BCUT2D eigenvalue weighted by Crippen LogP contribution is -2.10. The van der Waals surface area contributed by atoms with E-state index < -0.39 is 5.97 Å². The zero-order valence-corrected chi connectivity index (χ0v) is 20.1. The van der Waals surface area contributed by atoms with Gasteiger partial charge in [0, 0.05) is 6.42 Å². The molecule has 3 aromatic rings. The van der Waals surface area contributed by atoms with Crippen molar-refractivity contribution in [3.05, 3.63) is 89.5 Å². The Bertz CT molecular complexity index is 1210. The van der Waals surface area contributed by atoms with Gasteiger partial charge in [0.05, 0.1) is 7.11 Å². The van der Waals surface area contributed by atoms with Gasteiger partial charge < -0.3 is 14.6 Å². The van der Waals surface area contributed by atoms with Crippen molar-refractivity contribution in [3.63, 3.8) is 0 Å². The van der Waals surface area contributed by atoms with Crippen LogP contribution >= 0.6 is 0 Å². The van der Waals surface area contributed by atoms with Crippen LogP contribution in [0.25, 0.3) is 16.7 Å². The number of hydrogen-bond donors (Lipinski definition) is 1. The van der Waals surface area contributed by atoms with Crippen LogP contribution in [-0.4, -0.2) is 18.2 Å². The molecule has 0 aliphatic heterocycles. The summed E-state index contributed by atoms with van der Waals surface area (Å²) in [5, 5.41) is 8.94. The lowest BCUT2D eigenvalue weighted by molar-refractivity contribution is -0.136. The van der Waals surface area contributed by atoms with Gasteiger partial charge in [-0.3, -0.25) is 4.79 Å². The van der Waals surface area contributed by atoms with E-state index in [-0.39, 0.29) is 11.8 Å². The number of allylic oxidation sites excluding steroid dienone is 2. The van der Waals surface area contributed by atoms with Crippen LogP contribution in [0, 0.1) is 5.41 Å². The number of methoxy groups -OCH3 is 1. The number of carbonyl (C=O) groups is 1. The third kappa shape index (κ3) is 5.51. The summed E-state index contributed by atoms with van der Waals surface area (Å²) >= 11 is 0. The Morgan fingerprint density at radius 1 is 0.941 bits per heavy atom. The zero-order valence-electron chi connectivity index (χ0n) is 20.1. The Balaban J connectivity index is 1.62. The first-order valence-electron chi connectivity index (χ1n) is 11.8. The molecular formula is C30H32O4. The van der Waals surface area contributed by atoms with Gasteiger partial charge in [-0.25, -0.2) is 0 Å². The van der Waals surface area contributed by atoms with Crippen LogP contribution in [0.1, 0.15) is 49.8 Å². The van der Waals surface area contributed by atoms with Crippen LogP contribution in [0.2, 0.25) is 0 Å². The largest absolute Gasteiger partial charge is 0.497 e. The van der Waals surface area contributed by atoms with Crippen molar-refractivity contribution in [3.8, 4) is 22.6 Å². The van der Waals surface area contributed by atoms with Crippen LogP contribution in [0.5, 0.6) is 11.5 Å². The number of rotatable bonds is 9. The van der Waals surface area contributed by atoms with Crippen molar-refractivity contribution in [2.24, 2.45) is 5.41 Å².